The Morgan fingerprint density at radius 3 is 2.62 bits per heavy atom. The Morgan fingerprint density at radius 1 is 1.29 bits per heavy atom. The Kier molecular flexibility index (Phi) is 5.00. The van der Waals surface area contributed by atoms with Gasteiger partial charge in [-0.25, -0.2) is 4.39 Å². The number of hydrogen-bond acceptors (Lipinski definition) is 3. The number of carbonyl (C=O) groups is 1. The molecule has 2 aromatic rings. The van der Waals surface area contributed by atoms with Crippen LogP contribution in [0.25, 0.3) is 0 Å². The molecule has 5 heteroatoms. The van der Waals surface area contributed by atoms with Crippen LogP contribution in [0.3, 0.4) is 0 Å². The average molecular weight is 287 g/mol. The van der Waals surface area contributed by atoms with Gasteiger partial charge in [0.25, 0.3) is 5.91 Å². The zero-order valence-corrected chi connectivity index (χ0v) is 11.9. The highest BCUT2D eigenvalue weighted by atomic mass is 19.1. The molecule has 2 N–H and O–H groups in total. The standard InChI is InChI=1S/C16H18FN3O/c1-2-20(11-13-6-4-3-5-12(13)9-18)16(21)14-7-8-19-10-15(14)17/h3-8,10H,2,9,11,18H2,1H3. The Bertz CT molecular complexity index is 630. The Balaban J connectivity index is 2.24. The van der Waals surface area contributed by atoms with Gasteiger partial charge in [-0.15, -0.1) is 0 Å². The maximum atomic E-state index is 13.7. The van der Waals surface area contributed by atoms with Crippen molar-refractivity contribution in [2.75, 3.05) is 6.54 Å². The second-order valence-electron chi connectivity index (χ2n) is 4.65. The van der Waals surface area contributed by atoms with Crippen LogP contribution in [-0.2, 0) is 13.1 Å². The molecule has 21 heavy (non-hydrogen) atoms. The molecular weight excluding hydrogens is 269 g/mol. The van der Waals surface area contributed by atoms with Crippen molar-refractivity contribution in [1.82, 2.24) is 9.88 Å². The molecule has 0 atom stereocenters. The van der Waals surface area contributed by atoms with Crippen LogP contribution in [0.15, 0.2) is 42.7 Å². The van der Waals surface area contributed by atoms with E-state index in [0.717, 1.165) is 17.3 Å². The topological polar surface area (TPSA) is 59.2 Å². The lowest BCUT2D eigenvalue weighted by atomic mass is 10.1. The Labute approximate surface area is 123 Å². The quantitative estimate of drug-likeness (QED) is 0.918. The number of benzene rings is 1. The largest absolute Gasteiger partial charge is 0.334 e. The van der Waals surface area contributed by atoms with Gasteiger partial charge in [0.05, 0.1) is 11.8 Å². The molecule has 0 aliphatic heterocycles. The smallest absolute Gasteiger partial charge is 0.257 e. The van der Waals surface area contributed by atoms with Gasteiger partial charge in [0.1, 0.15) is 0 Å². The van der Waals surface area contributed by atoms with E-state index < -0.39 is 5.82 Å². The van der Waals surface area contributed by atoms with E-state index in [-0.39, 0.29) is 11.5 Å². The highest BCUT2D eigenvalue weighted by Gasteiger charge is 2.18. The lowest BCUT2D eigenvalue weighted by Crippen LogP contribution is -2.31. The van der Waals surface area contributed by atoms with E-state index in [1.54, 1.807) is 4.90 Å². The first kappa shape index (κ1) is 15.1. The number of hydrogen-bond donors (Lipinski definition) is 1. The van der Waals surface area contributed by atoms with Crippen LogP contribution >= 0.6 is 0 Å². The lowest BCUT2D eigenvalue weighted by molar-refractivity contribution is 0.0747. The summed E-state index contributed by atoms with van der Waals surface area (Å²) in [6, 6.07) is 9.07. The fourth-order valence-electron chi connectivity index (χ4n) is 2.16. The maximum Gasteiger partial charge on any atom is 0.257 e. The third kappa shape index (κ3) is 3.44. The summed E-state index contributed by atoms with van der Waals surface area (Å²) < 4.78 is 13.7. The first-order chi connectivity index (χ1) is 10.2. The second-order valence-corrected chi connectivity index (χ2v) is 4.65. The van der Waals surface area contributed by atoms with Gasteiger partial charge < -0.3 is 10.6 Å². The molecule has 1 aromatic heterocycles. The third-order valence-corrected chi connectivity index (χ3v) is 3.37. The average Bonchev–Trinajstić information content (AvgIpc) is 2.52. The van der Waals surface area contributed by atoms with E-state index in [1.807, 2.05) is 31.2 Å². The molecular formula is C16H18FN3O. The first-order valence-corrected chi connectivity index (χ1v) is 6.83. The van der Waals surface area contributed by atoms with Gasteiger partial charge in [-0.05, 0) is 24.1 Å². The van der Waals surface area contributed by atoms with Crippen LogP contribution in [0.4, 0.5) is 4.39 Å². The predicted octanol–water partition coefficient (Wildman–Crippen LogP) is 2.34. The molecule has 2 rings (SSSR count). The SMILES string of the molecule is CCN(Cc1ccccc1CN)C(=O)c1ccncc1F. The number of carbonyl (C=O) groups excluding carboxylic acids is 1. The van der Waals surface area contributed by atoms with Crippen molar-refractivity contribution in [2.24, 2.45) is 5.73 Å². The summed E-state index contributed by atoms with van der Waals surface area (Å²) in [5, 5.41) is 0. The van der Waals surface area contributed by atoms with Crippen molar-refractivity contribution in [3.8, 4) is 0 Å². The van der Waals surface area contributed by atoms with Gasteiger partial charge in [-0.2, -0.15) is 0 Å². The number of nitrogens with two attached hydrogens (primary N) is 1. The molecule has 4 nitrogen and oxygen atoms in total. The van der Waals surface area contributed by atoms with Crippen LogP contribution in [0, 0.1) is 5.82 Å². The van der Waals surface area contributed by atoms with Crippen LogP contribution < -0.4 is 5.73 Å². The van der Waals surface area contributed by atoms with Crippen molar-refractivity contribution >= 4 is 5.91 Å². The molecule has 0 saturated heterocycles. The number of aromatic nitrogens is 1. The van der Waals surface area contributed by atoms with Crippen LogP contribution in [0.5, 0.6) is 0 Å². The van der Waals surface area contributed by atoms with E-state index in [1.165, 1.54) is 12.3 Å². The highest BCUT2D eigenvalue weighted by Crippen LogP contribution is 2.15. The van der Waals surface area contributed by atoms with Crippen molar-refractivity contribution < 1.29 is 9.18 Å². The number of amides is 1. The third-order valence-electron chi connectivity index (χ3n) is 3.37. The van der Waals surface area contributed by atoms with Crippen molar-refractivity contribution in [3.63, 3.8) is 0 Å². The summed E-state index contributed by atoms with van der Waals surface area (Å²) in [7, 11) is 0. The van der Waals surface area contributed by atoms with Gasteiger partial charge in [-0.3, -0.25) is 9.78 Å². The molecule has 0 radical (unpaired) electrons. The van der Waals surface area contributed by atoms with Gasteiger partial charge in [-0.1, -0.05) is 24.3 Å². The monoisotopic (exact) mass is 287 g/mol. The molecule has 0 bridgehead atoms. The van der Waals surface area contributed by atoms with Crippen molar-refractivity contribution in [1.29, 1.82) is 0 Å². The fraction of sp³-hybridized carbons (Fsp3) is 0.250. The van der Waals surface area contributed by atoms with Crippen LogP contribution in [0.1, 0.15) is 28.4 Å². The highest BCUT2D eigenvalue weighted by molar-refractivity contribution is 5.94. The van der Waals surface area contributed by atoms with Crippen molar-refractivity contribution in [2.45, 2.75) is 20.0 Å². The number of halogens is 1. The Hall–Kier alpha value is -2.27. The second kappa shape index (κ2) is 6.95. The number of nitrogens with zero attached hydrogens (tertiary/aromatic N) is 2. The minimum Gasteiger partial charge on any atom is -0.334 e. The summed E-state index contributed by atoms with van der Waals surface area (Å²) in [5.41, 5.74) is 7.71. The zero-order valence-electron chi connectivity index (χ0n) is 11.9. The molecule has 1 amide bonds. The zero-order chi connectivity index (χ0) is 15.2. The summed E-state index contributed by atoms with van der Waals surface area (Å²) in [6.45, 7) is 3.16. The first-order valence-electron chi connectivity index (χ1n) is 6.83. The fourth-order valence-corrected chi connectivity index (χ4v) is 2.16. The molecule has 0 saturated carbocycles. The summed E-state index contributed by atoms with van der Waals surface area (Å²) >= 11 is 0. The molecule has 0 aliphatic rings. The van der Waals surface area contributed by atoms with Gasteiger partial charge in [0, 0.05) is 25.8 Å². The molecule has 0 unspecified atom stereocenters. The molecule has 0 aliphatic carbocycles. The van der Waals surface area contributed by atoms with Gasteiger partial charge in [0.2, 0.25) is 0 Å². The van der Waals surface area contributed by atoms with Crippen LogP contribution in [-0.4, -0.2) is 22.3 Å². The molecule has 1 aromatic carbocycles. The van der Waals surface area contributed by atoms with E-state index in [2.05, 4.69) is 4.98 Å². The Morgan fingerprint density at radius 2 is 2.00 bits per heavy atom. The lowest BCUT2D eigenvalue weighted by Gasteiger charge is -2.22. The molecule has 0 spiro atoms. The number of pyridine rings is 1. The predicted molar refractivity (Wildman–Crippen MR) is 78.9 cm³/mol. The normalized spacial score (nSPS) is 10.4. The summed E-state index contributed by atoms with van der Waals surface area (Å²) in [6.07, 6.45) is 2.47. The summed E-state index contributed by atoms with van der Waals surface area (Å²) in [4.78, 5) is 17.7. The molecule has 1 heterocycles. The minimum atomic E-state index is -0.604. The minimum absolute atomic E-state index is 0.0390. The van der Waals surface area contributed by atoms with Crippen LogP contribution in [0.2, 0.25) is 0 Å². The maximum absolute atomic E-state index is 13.7. The van der Waals surface area contributed by atoms with Gasteiger partial charge >= 0.3 is 0 Å². The van der Waals surface area contributed by atoms with E-state index >= 15 is 0 Å². The van der Waals surface area contributed by atoms with E-state index in [0.29, 0.717) is 19.6 Å². The number of rotatable bonds is 5. The molecule has 110 valence electrons. The summed E-state index contributed by atoms with van der Waals surface area (Å²) in [5.74, 6) is -0.947. The van der Waals surface area contributed by atoms with Crippen molar-refractivity contribution in [3.05, 3.63) is 65.2 Å². The van der Waals surface area contributed by atoms with E-state index in [9.17, 15) is 9.18 Å². The molecule has 0 fully saturated rings. The van der Waals surface area contributed by atoms with Gasteiger partial charge in [0.15, 0.2) is 5.82 Å². The van der Waals surface area contributed by atoms with E-state index in [4.69, 9.17) is 5.73 Å².